The minimum atomic E-state index is -4.75. The summed E-state index contributed by atoms with van der Waals surface area (Å²) < 4.78 is 44.3. The van der Waals surface area contributed by atoms with E-state index < -0.39 is 23.6 Å². The van der Waals surface area contributed by atoms with E-state index in [1.54, 1.807) is 19.1 Å². The normalized spacial score (nSPS) is 12.0. The smallest absolute Gasteiger partial charge is 0.383 e. The fraction of sp³-hybridized carbons (Fsp3) is 0.647. The van der Waals surface area contributed by atoms with Gasteiger partial charge in [-0.2, -0.15) is 23.4 Å². The Kier molecular flexibility index (Phi) is 8.14. The maximum Gasteiger partial charge on any atom is 0.433 e. The molecule has 1 aromatic heterocycles. The van der Waals surface area contributed by atoms with E-state index in [4.69, 9.17) is 10.00 Å². The molecule has 28 heavy (non-hydrogen) atoms. The number of nitrogens with one attached hydrogen (secondary N) is 1. The quantitative estimate of drug-likeness (QED) is 0.663. The van der Waals surface area contributed by atoms with Crippen molar-refractivity contribution in [3.63, 3.8) is 0 Å². The Labute approximate surface area is 162 Å². The third-order valence-electron chi connectivity index (χ3n) is 3.36. The number of alkyl halides is 3. The topological polar surface area (TPSA) is 94.4 Å². The van der Waals surface area contributed by atoms with E-state index in [2.05, 4.69) is 15.4 Å². The van der Waals surface area contributed by atoms with Crippen LogP contribution in [0.2, 0.25) is 0 Å². The summed E-state index contributed by atoms with van der Waals surface area (Å²) >= 11 is 0. The maximum atomic E-state index is 13.1. The number of anilines is 1. The number of halogens is 3. The van der Waals surface area contributed by atoms with Crippen LogP contribution in [0.1, 0.15) is 32.3 Å². The number of aromatic nitrogens is 2. The van der Waals surface area contributed by atoms with Crippen molar-refractivity contribution in [3.8, 4) is 6.07 Å². The average molecular weight is 402 g/mol. The summed E-state index contributed by atoms with van der Waals surface area (Å²) in [5, 5.41) is 10.2. The Morgan fingerprint density at radius 3 is 2.46 bits per heavy atom. The van der Waals surface area contributed by atoms with Crippen LogP contribution < -0.4 is 10.4 Å². The Morgan fingerprint density at radius 1 is 1.32 bits per heavy atom. The van der Waals surface area contributed by atoms with Crippen molar-refractivity contribution in [2.75, 3.05) is 45.4 Å². The molecule has 0 saturated heterocycles. The highest BCUT2D eigenvalue weighted by molar-refractivity contribution is 5.79. The minimum absolute atomic E-state index is 0.00627. The molecule has 156 valence electrons. The standard InChI is InChI=1S/C17H25F3N6O2/c1-16(2,3)11-26(24-15(27)10-25(4)6-7-28-5)14-8-12(17(18,19)20)22-13(9-21)23-14/h8H,6-7,10-11H2,1-5H3,(H,24,27). The molecule has 1 amide bonds. The van der Waals surface area contributed by atoms with Gasteiger partial charge in [-0.3, -0.25) is 20.1 Å². The Bertz CT molecular complexity index is 712. The van der Waals surface area contributed by atoms with Crippen LogP contribution in [0.3, 0.4) is 0 Å². The lowest BCUT2D eigenvalue weighted by Crippen LogP contribution is -2.50. The molecule has 1 N–H and O–H groups in total. The van der Waals surface area contributed by atoms with Gasteiger partial charge in [0.15, 0.2) is 11.5 Å². The second-order valence-corrected chi connectivity index (χ2v) is 7.46. The second-order valence-electron chi connectivity index (χ2n) is 7.46. The molecular weight excluding hydrogens is 377 g/mol. The van der Waals surface area contributed by atoms with E-state index in [0.717, 1.165) is 0 Å². The number of rotatable bonds is 8. The van der Waals surface area contributed by atoms with Crippen LogP contribution in [0.4, 0.5) is 19.0 Å². The van der Waals surface area contributed by atoms with Crippen molar-refractivity contribution in [3.05, 3.63) is 17.6 Å². The average Bonchev–Trinajstić information content (AvgIpc) is 2.56. The van der Waals surface area contributed by atoms with Crippen molar-refractivity contribution in [2.45, 2.75) is 26.9 Å². The number of hydrogen-bond acceptors (Lipinski definition) is 7. The van der Waals surface area contributed by atoms with Gasteiger partial charge in [0.2, 0.25) is 5.82 Å². The van der Waals surface area contributed by atoms with E-state index in [0.29, 0.717) is 19.2 Å². The second kappa shape index (κ2) is 9.66. The van der Waals surface area contributed by atoms with Gasteiger partial charge in [0.1, 0.15) is 6.07 Å². The lowest BCUT2D eigenvalue weighted by atomic mass is 9.97. The molecule has 0 radical (unpaired) electrons. The zero-order chi connectivity index (χ0) is 21.5. The number of ether oxygens (including phenoxy) is 1. The zero-order valence-electron chi connectivity index (χ0n) is 16.6. The van der Waals surface area contributed by atoms with Crippen molar-refractivity contribution >= 4 is 11.7 Å². The van der Waals surface area contributed by atoms with Gasteiger partial charge in [0, 0.05) is 26.3 Å². The number of amides is 1. The van der Waals surface area contributed by atoms with Crippen LogP contribution in [0.5, 0.6) is 0 Å². The van der Waals surface area contributed by atoms with Crippen molar-refractivity contribution in [2.24, 2.45) is 5.41 Å². The number of methoxy groups -OCH3 is 1. The predicted octanol–water partition coefficient (Wildman–Crippen LogP) is 1.83. The van der Waals surface area contributed by atoms with Gasteiger partial charge in [-0.25, -0.2) is 4.98 Å². The van der Waals surface area contributed by atoms with Gasteiger partial charge in [-0.1, -0.05) is 20.8 Å². The highest BCUT2D eigenvalue weighted by atomic mass is 19.4. The summed E-state index contributed by atoms with van der Waals surface area (Å²) in [5.41, 5.74) is 0.938. The number of hydrazine groups is 1. The van der Waals surface area contributed by atoms with Gasteiger partial charge in [0.05, 0.1) is 13.2 Å². The molecule has 1 aromatic rings. The van der Waals surface area contributed by atoms with Gasteiger partial charge < -0.3 is 4.74 Å². The molecule has 8 nitrogen and oxygen atoms in total. The molecule has 0 fully saturated rings. The molecular formula is C17H25F3N6O2. The molecule has 1 heterocycles. The Balaban J connectivity index is 3.14. The molecule has 0 unspecified atom stereocenters. The number of carbonyl (C=O) groups is 1. The first-order chi connectivity index (χ1) is 12.9. The number of likely N-dealkylation sites (N-methyl/N-ethyl adjacent to an activating group) is 1. The molecule has 0 aromatic carbocycles. The zero-order valence-corrected chi connectivity index (χ0v) is 16.6. The summed E-state index contributed by atoms with van der Waals surface area (Å²) in [6, 6.07) is 2.23. The summed E-state index contributed by atoms with van der Waals surface area (Å²) in [5.74, 6) is -1.27. The first kappa shape index (κ1) is 23.6. The first-order valence-corrected chi connectivity index (χ1v) is 8.46. The van der Waals surface area contributed by atoms with Crippen LogP contribution in [-0.2, 0) is 15.7 Å². The van der Waals surface area contributed by atoms with Gasteiger partial charge in [-0.15, -0.1) is 0 Å². The van der Waals surface area contributed by atoms with Crippen LogP contribution in [0, 0.1) is 16.7 Å². The third-order valence-corrected chi connectivity index (χ3v) is 3.36. The monoisotopic (exact) mass is 402 g/mol. The number of nitrogens with zero attached hydrogens (tertiary/aromatic N) is 5. The molecule has 0 aliphatic rings. The molecule has 0 atom stereocenters. The van der Waals surface area contributed by atoms with E-state index in [1.807, 2.05) is 20.8 Å². The van der Waals surface area contributed by atoms with Crippen LogP contribution in [0.25, 0.3) is 0 Å². The number of nitriles is 1. The molecule has 0 saturated carbocycles. The molecule has 0 bridgehead atoms. The van der Waals surface area contributed by atoms with Crippen LogP contribution in [0.15, 0.2) is 6.07 Å². The maximum absolute atomic E-state index is 13.1. The summed E-state index contributed by atoms with van der Waals surface area (Å²) in [7, 11) is 3.26. The van der Waals surface area contributed by atoms with Gasteiger partial charge >= 0.3 is 6.18 Å². The van der Waals surface area contributed by atoms with Gasteiger partial charge in [-0.05, 0) is 12.5 Å². The molecule has 0 spiro atoms. The number of carbonyl (C=O) groups excluding carboxylic acids is 1. The Hall–Kier alpha value is -2.45. The van der Waals surface area contributed by atoms with Crippen LogP contribution >= 0.6 is 0 Å². The fourth-order valence-corrected chi connectivity index (χ4v) is 2.18. The molecule has 1 rings (SSSR count). The summed E-state index contributed by atoms with van der Waals surface area (Å²) in [6.07, 6.45) is -4.75. The predicted molar refractivity (Wildman–Crippen MR) is 96.1 cm³/mol. The van der Waals surface area contributed by atoms with E-state index in [9.17, 15) is 18.0 Å². The van der Waals surface area contributed by atoms with Crippen molar-refractivity contribution < 1.29 is 22.7 Å². The fourth-order valence-electron chi connectivity index (χ4n) is 2.18. The molecule has 0 aliphatic carbocycles. The third kappa shape index (κ3) is 8.06. The van der Waals surface area contributed by atoms with Crippen molar-refractivity contribution in [1.29, 1.82) is 5.26 Å². The Morgan fingerprint density at radius 2 is 1.96 bits per heavy atom. The van der Waals surface area contributed by atoms with Crippen LogP contribution in [-0.4, -0.2) is 61.2 Å². The number of hydrogen-bond donors (Lipinski definition) is 1. The first-order valence-electron chi connectivity index (χ1n) is 8.46. The van der Waals surface area contributed by atoms with E-state index >= 15 is 0 Å². The van der Waals surface area contributed by atoms with E-state index in [-0.39, 0.29) is 24.3 Å². The van der Waals surface area contributed by atoms with E-state index in [1.165, 1.54) is 11.1 Å². The summed E-state index contributed by atoms with van der Waals surface area (Å²) in [4.78, 5) is 21.1. The minimum Gasteiger partial charge on any atom is -0.383 e. The largest absolute Gasteiger partial charge is 0.433 e. The highest BCUT2D eigenvalue weighted by Gasteiger charge is 2.35. The molecule has 11 heteroatoms. The SMILES string of the molecule is COCCN(C)CC(=O)NN(CC(C)(C)C)c1cc(C(F)(F)F)nc(C#N)n1. The highest BCUT2D eigenvalue weighted by Crippen LogP contribution is 2.30. The molecule has 0 aliphatic heterocycles. The van der Waals surface area contributed by atoms with Gasteiger partial charge in [0.25, 0.3) is 5.91 Å². The van der Waals surface area contributed by atoms with Crippen molar-refractivity contribution in [1.82, 2.24) is 20.3 Å². The lowest BCUT2D eigenvalue weighted by molar-refractivity contribution is -0.141. The summed E-state index contributed by atoms with van der Waals surface area (Å²) in [6.45, 7) is 6.68. The lowest BCUT2D eigenvalue weighted by Gasteiger charge is -2.31.